The van der Waals surface area contributed by atoms with Gasteiger partial charge in [0.1, 0.15) is 0 Å². The van der Waals surface area contributed by atoms with Gasteiger partial charge in [0, 0.05) is 26.7 Å². The molecule has 1 atom stereocenters. The van der Waals surface area contributed by atoms with Gasteiger partial charge in [-0.1, -0.05) is 26.7 Å². The first-order valence-corrected chi connectivity index (χ1v) is 7.58. The van der Waals surface area contributed by atoms with Crippen LogP contribution in [0, 0.1) is 11.3 Å². The Labute approximate surface area is 112 Å². The van der Waals surface area contributed by atoms with E-state index in [4.69, 9.17) is 0 Å². The molecule has 2 aliphatic rings. The SMILES string of the molecule is CN=C(NCC1(C)CCCC1)N1CCCC(C)C1. The highest BCUT2D eigenvalue weighted by Gasteiger charge is 2.29. The summed E-state index contributed by atoms with van der Waals surface area (Å²) in [6.45, 7) is 8.18. The normalized spacial score (nSPS) is 28.5. The molecular formula is C15H29N3. The molecule has 3 nitrogen and oxygen atoms in total. The monoisotopic (exact) mass is 251 g/mol. The highest BCUT2D eigenvalue weighted by Crippen LogP contribution is 2.36. The molecule has 1 aliphatic carbocycles. The molecule has 0 aromatic carbocycles. The van der Waals surface area contributed by atoms with Crippen molar-refractivity contribution in [3.8, 4) is 0 Å². The summed E-state index contributed by atoms with van der Waals surface area (Å²) >= 11 is 0. The summed E-state index contributed by atoms with van der Waals surface area (Å²) in [6.07, 6.45) is 8.21. The fourth-order valence-corrected chi connectivity index (χ4v) is 3.41. The van der Waals surface area contributed by atoms with E-state index < -0.39 is 0 Å². The fraction of sp³-hybridized carbons (Fsp3) is 0.933. The maximum atomic E-state index is 4.47. The van der Waals surface area contributed by atoms with E-state index in [0.29, 0.717) is 5.41 Å². The molecule has 1 saturated carbocycles. The Hall–Kier alpha value is -0.730. The first kappa shape index (κ1) is 13.7. The van der Waals surface area contributed by atoms with Crippen LogP contribution in [0.1, 0.15) is 52.4 Å². The zero-order valence-electron chi connectivity index (χ0n) is 12.3. The lowest BCUT2D eigenvalue weighted by Crippen LogP contribution is -2.48. The lowest BCUT2D eigenvalue weighted by Gasteiger charge is -2.35. The van der Waals surface area contributed by atoms with Crippen LogP contribution >= 0.6 is 0 Å². The summed E-state index contributed by atoms with van der Waals surface area (Å²) in [4.78, 5) is 6.91. The molecule has 1 saturated heterocycles. The van der Waals surface area contributed by atoms with Crippen molar-refractivity contribution in [3.05, 3.63) is 0 Å². The predicted octanol–water partition coefficient (Wildman–Crippen LogP) is 2.87. The van der Waals surface area contributed by atoms with Crippen LogP contribution in [0.4, 0.5) is 0 Å². The van der Waals surface area contributed by atoms with Crippen molar-refractivity contribution in [2.45, 2.75) is 52.4 Å². The topological polar surface area (TPSA) is 27.6 Å². The number of nitrogens with one attached hydrogen (secondary N) is 1. The molecule has 18 heavy (non-hydrogen) atoms. The van der Waals surface area contributed by atoms with Crippen LogP contribution in [-0.4, -0.2) is 37.5 Å². The Balaban J connectivity index is 1.85. The number of likely N-dealkylation sites (tertiary alicyclic amines) is 1. The van der Waals surface area contributed by atoms with Crippen molar-refractivity contribution in [2.24, 2.45) is 16.3 Å². The molecule has 0 aromatic heterocycles. The highest BCUT2D eigenvalue weighted by atomic mass is 15.3. The Morgan fingerprint density at radius 3 is 2.67 bits per heavy atom. The molecule has 1 unspecified atom stereocenters. The van der Waals surface area contributed by atoms with Crippen LogP contribution in [0.2, 0.25) is 0 Å². The second-order valence-electron chi connectivity index (χ2n) is 6.61. The predicted molar refractivity (Wildman–Crippen MR) is 77.9 cm³/mol. The summed E-state index contributed by atoms with van der Waals surface area (Å²) in [5.41, 5.74) is 0.497. The van der Waals surface area contributed by atoms with E-state index in [1.54, 1.807) is 0 Å². The highest BCUT2D eigenvalue weighted by molar-refractivity contribution is 5.80. The van der Waals surface area contributed by atoms with Gasteiger partial charge in [-0.05, 0) is 37.0 Å². The molecule has 0 radical (unpaired) electrons. The van der Waals surface area contributed by atoms with Gasteiger partial charge in [0.05, 0.1) is 0 Å². The number of guanidine groups is 1. The van der Waals surface area contributed by atoms with Crippen LogP contribution in [0.25, 0.3) is 0 Å². The summed E-state index contributed by atoms with van der Waals surface area (Å²) < 4.78 is 0. The second kappa shape index (κ2) is 5.94. The number of hydrogen-bond acceptors (Lipinski definition) is 1. The third-order valence-corrected chi connectivity index (χ3v) is 4.65. The second-order valence-corrected chi connectivity index (χ2v) is 6.61. The smallest absolute Gasteiger partial charge is 0.193 e. The molecule has 3 heteroatoms. The Kier molecular flexibility index (Phi) is 4.52. The molecule has 0 bridgehead atoms. The molecular weight excluding hydrogens is 222 g/mol. The van der Waals surface area contributed by atoms with Gasteiger partial charge in [-0.15, -0.1) is 0 Å². The number of piperidine rings is 1. The van der Waals surface area contributed by atoms with Crippen molar-refractivity contribution in [1.29, 1.82) is 0 Å². The van der Waals surface area contributed by atoms with Crippen molar-refractivity contribution in [3.63, 3.8) is 0 Å². The Morgan fingerprint density at radius 2 is 2.06 bits per heavy atom. The molecule has 1 heterocycles. The summed E-state index contributed by atoms with van der Waals surface area (Å²) in [6, 6.07) is 0. The zero-order chi connectivity index (χ0) is 13.0. The minimum absolute atomic E-state index is 0.497. The van der Waals surface area contributed by atoms with E-state index in [1.165, 1.54) is 45.1 Å². The van der Waals surface area contributed by atoms with Gasteiger partial charge in [0.2, 0.25) is 0 Å². The van der Waals surface area contributed by atoms with Gasteiger partial charge in [0.15, 0.2) is 5.96 Å². The molecule has 0 aromatic rings. The van der Waals surface area contributed by atoms with E-state index in [1.807, 2.05) is 7.05 Å². The molecule has 2 fully saturated rings. The number of rotatable bonds is 2. The van der Waals surface area contributed by atoms with E-state index in [2.05, 4.69) is 29.1 Å². The van der Waals surface area contributed by atoms with Crippen LogP contribution < -0.4 is 5.32 Å². The first-order valence-electron chi connectivity index (χ1n) is 7.58. The van der Waals surface area contributed by atoms with Crippen LogP contribution in [0.5, 0.6) is 0 Å². The van der Waals surface area contributed by atoms with E-state index in [9.17, 15) is 0 Å². The van der Waals surface area contributed by atoms with Crippen molar-refractivity contribution in [2.75, 3.05) is 26.7 Å². The number of aliphatic imine (C=N–C) groups is 1. The van der Waals surface area contributed by atoms with Gasteiger partial charge < -0.3 is 10.2 Å². The van der Waals surface area contributed by atoms with E-state index in [0.717, 1.165) is 25.0 Å². The maximum Gasteiger partial charge on any atom is 0.193 e. The van der Waals surface area contributed by atoms with Gasteiger partial charge in [-0.3, -0.25) is 4.99 Å². The maximum absolute atomic E-state index is 4.47. The Morgan fingerprint density at radius 1 is 1.33 bits per heavy atom. The Bertz CT molecular complexity index is 292. The van der Waals surface area contributed by atoms with Crippen LogP contribution in [0.15, 0.2) is 4.99 Å². The molecule has 1 N–H and O–H groups in total. The van der Waals surface area contributed by atoms with Gasteiger partial charge >= 0.3 is 0 Å². The third kappa shape index (κ3) is 3.39. The van der Waals surface area contributed by atoms with Crippen molar-refractivity contribution in [1.82, 2.24) is 10.2 Å². The fourth-order valence-electron chi connectivity index (χ4n) is 3.41. The van der Waals surface area contributed by atoms with Crippen LogP contribution in [0.3, 0.4) is 0 Å². The third-order valence-electron chi connectivity index (χ3n) is 4.65. The van der Waals surface area contributed by atoms with E-state index >= 15 is 0 Å². The molecule has 2 rings (SSSR count). The van der Waals surface area contributed by atoms with Crippen LogP contribution in [-0.2, 0) is 0 Å². The lowest BCUT2D eigenvalue weighted by atomic mass is 9.89. The van der Waals surface area contributed by atoms with Gasteiger partial charge in [-0.2, -0.15) is 0 Å². The minimum atomic E-state index is 0.497. The summed E-state index contributed by atoms with van der Waals surface area (Å²) in [7, 11) is 1.92. The van der Waals surface area contributed by atoms with E-state index in [-0.39, 0.29) is 0 Å². The molecule has 1 aliphatic heterocycles. The average Bonchev–Trinajstić information content (AvgIpc) is 2.77. The number of hydrogen-bond donors (Lipinski definition) is 1. The molecule has 0 spiro atoms. The largest absolute Gasteiger partial charge is 0.356 e. The standard InChI is InChI=1S/C15H29N3/c1-13-7-6-10-18(11-13)14(16-3)17-12-15(2)8-4-5-9-15/h13H,4-12H2,1-3H3,(H,16,17). The quantitative estimate of drug-likeness (QED) is 0.603. The summed E-state index contributed by atoms with van der Waals surface area (Å²) in [5.74, 6) is 1.93. The zero-order valence-corrected chi connectivity index (χ0v) is 12.3. The minimum Gasteiger partial charge on any atom is -0.356 e. The molecule has 0 amide bonds. The van der Waals surface area contributed by atoms with Gasteiger partial charge in [-0.25, -0.2) is 0 Å². The average molecular weight is 251 g/mol. The lowest BCUT2D eigenvalue weighted by molar-refractivity contribution is 0.258. The van der Waals surface area contributed by atoms with Crippen molar-refractivity contribution >= 4 is 5.96 Å². The first-order chi connectivity index (χ1) is 8.63. The summed E-state index contributed by atoms with van der Waals surface area (Å²) in [5, 5.41) is 3.62. The van der Waals surface area contributed by atoms with Crippen molar-refractivity contribution < 1.29 is 0 Å². The number of nitrogens with zero attached hydrogens (tertiary/aromatic N) is 2. The molecule has 104 valence electrons. The van der Waals surface area contributed by atoms with Gasteiger partial charge in [0.25, 0.3) is 0 Å².